The first-order valence-corrected chi connectivity index (χ1v) is 11.5. The number of carbonyl (C=O) groups is 1. The molecule has 0 bridgehead atoms. The van der Waals surface area contributed by atoms with Gasteiger partial charge in [0.05, 0.1) is 4.90 Å². The maximum atomic E-state index is 13.0. The Kier molecular flexibility index (Phi) is 5.90. The highest BCUT2D eigenvalue weighted by atomic mass is 35.5. The van der Waals surface area contributed by atoms with E-state index in [-0.39, 0.29) is 23.9 Å². The predicted octanol–water partition coefficient (Wildman–Crippen LogP) is 4.04. The first-order valence-electron chi connectivity index (χ1n) is 9.66. The fraction of sp³-hybridized carbons (Fsp3) is 0.174. The number of halogens is 1. The van der Waals surface area contributed by atoms with E-state index in [0.29, 0.717) is 18.1 Å². The lowest BCUT2D eigenvalue weighted by Crippen LogP contribution is -2.50. The molecule has 1 amide bonds. The fourth-order valence-corrected chi connectivity index (χ4v) is 5.16. The molecule has 1 aliphatic heterocycles. The molecule has 1 aliphatic rings. The van der Waals surface area contributed by atoms with E-state index < -0.39 is 10.0 Å². The van der Waals surface area contributed by atoms with Crippen LogP contribution in [0.1, 0.15) is 5.56 Å². The number of piperazine rings is 1. The Morgan fingerprint density at radius 2 is 1.53 bits per heavy atom. The summed E-state index contributed by atoms with van der Waals surface area (Å²) < 4.78 is 27.5. The lowest BCUT2D eigenvalue weighted by atomic mass is 10.1. The van der Waals surface area contributed by atoms with Gasteiger partial charge in [-0.05, 0) is 40.6 Å². The van der Waals surface area contributed by atoms with E-state index in [1.807, 2.05) is 48.5 Å². The molecule has 0 radical (unpaired) electrons. The van der Waals surface area contributed by atoms with E-state index >= 15 is 0 Å². The van der Waals surface area contributed by atoms with Gasteiger partial charge in [0.25, 0.3) is 0 Å². The van der Waals surface area contributed by atoms with E-state index in [4.69, 9.17) is 11.6 Å². The first-order chi connectivity index (χ1) is 14.4. The van der Waals surface area contributed by atoms with Gasteiger partial charge in [-0.15, -0.1) is 0 Å². The summed E-state index contributed by atoms with van der Waals surface area (Å²) in [7, 11) is -3.60. The van der Waals surface area contributed by atoms with E-state index in [0.717, 1.165) is 16.3 Å². The van der Waals surface area contributed by atoms with Crippen LogP contribution >= 0.6 is 11.6 Å². The second-order valence-electron chi connectivity index (χ2n) is 7.09. The SMILES string of the molecule is O=C(C=Cc1ccccc1Cl)N1CCN(S(=O)(=O)c2ccc3ccccc3c2)CC1. The van der Waals surface area contributed by atoms with Gasteiger partial charge in [0.2, 0.25) is 15.9 Å². The normalized spacial score (nSPS) is 15.7. The molecule has 3 aromatic carbocycles. The molecule has 5 nitrogen and oxygen atoms in total. The van der Waals surface area contributed by atoms with Crippen molar-refractivity contribution in [3.8, 4) is 0 Å². The first kappa shape index (κ1) is 20.6. The fourth-order valence-electron chi connectivity index (χ4n) is 3.50. The largest absolute Gasteiger partial charge is 0.337 e. The molecular weight excluding hydrogens is 420 g/mol. The molecule has 1 heterocycles. The Hall–Kier alpha value is -2.67. The summed E-state index contributed by atoms with van der Waals surface area (Å²) >= 11 is 6.11. The van der Waals surface area contributed by atoms with Crippen molar-refractivity contribution in [3.63, 3.8) is 0 Å². The zero-order valence-corrected chi connectivity index (χ0v) is 17.8. The monoisotopic (exact) mass is 440 g/mol. The average molecular weight is 441 g/mol. The van der Waals surface area contributed by atoms with Gasteiger partial charge in [0, 0.05) is 37.3 Å². The third-order valence-corrected chi connectivity index (χ3v) is 7.46. The number of rotatable bonds is 4. The smallest absolute Gasteiger partial charge is 0.246 e. The number of nitrogens with zero attached hydrogens (tertiary/aromatic N) is 2. The van der Waals surface area contributed by atoms with Crippen molar-refractivity contribution in [2.24, 2.45) is 0 Å². The van der Waals surface area contributed by atoms with Gasteiger partial charge in [0.15, 0.2) is 0 Å². The van der Waals surface area contributed by atoms with Crippen LogP contribution in [-0.4, -0.2) is 49.7 Å². The van der Waals surface area contributed by atoms with Crippen molar-refractivity contribution >= 4 is 44.4 Å². The number of benzene rings is 3. The molecule has 3 aromatic rings. The van der Waals surface area contributed by atoms with Crippen LogP contribution in [0.3, 0.4) is 0 Å². The standard InChI is InChI=1S/C23H21ClN2O3S/c24-22-8-4-3-6-19(22)10-12-23(27)25-13-15-26(16-14-25)30(28,29)21-11-9-18-5-1-2-7-20(18)17-21/h1-12,17H,13-16H2. The molecule has 0 N–H and O–H groups in total. The van der Waals surface area contributed by atoms with Crippen LogP contribution in [0.25, 0.3) is 16.8 Å². The van der Waals surface area contributed by atoms with Gasteiger partial charge < -0.3 is 4.90 Å². The molecule has 0 spiro atoms. The Labute approximate surface area is 181 Å². The Balaban J connectivity index is 1.43. The van der Waals surface area contributed by atoms with Crippen molar-refractivity contribution < 1.29 is 13.2 Å². The van der Waals surface area contributed by atoms with E-state index in [2.05, 4.69) is 0 Å². The number of hydrogen-bond donors (Lipinski definition) is 0. The van der Waals surface area contributed by atoms with Crippen molar-refractivity contribution in [1.82, 2.24) is 9.21 Å². The van der Waals surface area contributed by atoms with Crippen LogP contribution in [-0.2, 0) is 14.8 Å². The van der Waals surface area contributed by atoms with Crippen LogP contribution in [0.2, 0.25) is 5.02 Å². The van der Waals surface area contributed by atoms with Crippen LogP contribution in [0.5, 0.6) is 0 Å². The Morgan fingerprint density at radius 1 is 0.867 bits per heavy atom. The minimum Gasteiger partial charge on any atom is -0.337 e. The minimum absolute atomic E-state index is 0.155. The average Bonchev–Trinajstić information content (AvgIpc) is 2.78. The summed E-state index contributed by atoms with van der Waals surface area (Å²) in [6.45, 7) is 1.22. The number of hydrogen-bond acceptors (Lipinski definition) is 3. The zero-order valence-electron chi connectivity index (χ0n) is 16.2. The molecular formula is C23H21ClN2O3S. The lowest BCUT2D eigenvalue weighted by molar-refractivity contribution is -0.127. The van der Waals surface area contributed by atoms with Crippen LogP contribution in [0.4, 0.5) is 0 Å². The van der Waals surface area contributed by atoms with Crippen molar-refractivity contribution in [1.29, 1.82) is 0 Å². The van der Waals surface area contributed by atoms with Crippen LogP contribution in [0.15, 0.2) is 77.7 Å². The van der Waals surface area contributed by atoms with E-state index in [9.17, 15) is 13.2 Å². The molecule has 4 rings (SSSR count). The van der Waals surface area contributed by atoms with Gasteiger partial charge >= 0.3 is 0 Å². The quantitative estimate of drug-likeness (QED) is 0.575. The van der Waals surface area contributed by atoms with Crippen LogP contribution < -0.4 is 0 Å². The maximum absolute atomic E-state index is 13.0. The van der Waals surface area contributed by atoms with Crippen molar-refractivity contribution in [2.75, 3.05) is 26.2 Å². The molecule has 0 aliphatic carbocycles. The molecule has 0 atom stereocenters. The summed E-state index contributed by atoms with van der Waals surface area (Å²) in [5, 5.41) is 2.46. The molecule has 1 saturated heterocycles. The highest BCUT2D eigenvalue weighted by Crippen LogP contribution is 2.23. The van der Waals surface area contributed by atoms with E-state index in [1.165, 1.54) is 10.4 Å². The molecule has 1 fully saturated rings. The maximum Gasteiger partial charge on any atom is 0.246 e. The second-order valence-corrected chi connectivity index (χ2v) is 9.44. The van der Waals surface area contributed by atoms with Gasteiger partial charge in [-0.2, -0.15) is 4.31 Å². The van der Waals surface area contributed by atoms with Gasteiger partial charge in [-0.3, -0.25) is 4.79 Å². The predicted molar refractivity (Wildman–Crippen MR) is 120 cm³/mol. The number of sulfonamides is 1. The minimum atomic E-state index is -3.60. The molecule has 0 aromatic heterocycles. The Bertz CT molecular complexity index is 1220. The topological polar surface area (TPSA) is 57.7 Å². The van der Waals surface area contributed by atoms with Crippen LogP contribution in [0, 0.1) is 0 Å². The highest BCUT2D eigenvalue weighted by Gasteiger charge is 2.29. The molecule has 154 valence electrons. The third kappa shape index (κ3) is 4.26. The molecule has 0 unspecified atom stereocenters. The van der Waals surface area contributed by atoms with Gasteiger partial charge in [-0.25, -0.2) is 8.42 Å². The lowest BCUT2D eigenvalue weighted by Gasteiger charge is -2.33. The van der Waals surface area contributed by atoms with Crippen molar-refractivity contribution in [2.45, 2.75) is 4.90 Å². The number of fused-ring (bicyclic) bond motifs is 1. The third-order valence-electron chi connectivity index (χ3n) is 5.22. The summed E-state index contributed by atoms with van der Waals surface area (Å²) in [6, 6.07) is 20.1. The number of amides is 1. The molecule has 0 saturated carbocycles. The summed E-state index contributed by atoms with van der Waals surface area (Å²) in [5.41, 5.74) is 0.769. The zero-order chi connectivity index (χ0) is 21.1. The summed E-state index contributed by atoms with van der Waals surface area (Å²) in [4.78, 5) is 14.4. The summed E-state index contributed by atoms with van der Waals surface area (Å²) in [5.74, 6) is -0.155. The summed E-state index contributed by atoms with van der Waals surface area (Å²) in [6.07, 6.45) is 3.16. The Morgan fingerprint density at radius 3 is 2.27 bits per heavy atom. The van der Waals surface area contributed by atoms with Crippen molar-refractivity contribution in [3.05, 3.63) is 83.4 Å². The van der Waals surface area contributed by atoms with Gasteiger partial charge in [-0.1, -0.05) is 60.1 Å². The molecule has 7 heteroatoms. The van der Waals surface area contributed by atoms with Gasteiger partial charge in [0.1, 0.15) is 0 Å². The number of carbonyl (C=O) groups excluding carboxylic acids is 1. The molecule has 30 heavy (non-hydrogen) atoms. The highest BCUT2D eigenvalue weighted by molar-refractivity contribution is 7.89. The van der Waals surface area contributed by atoms with E-state index in [1.54, 1.807) is 29.2 Å². The second kappa shape index (κ2) is 8.60.